The zero-order chi connectivity index (χ0) is 14.8. The largest absolute Gasteiger partial charge is 0.399 e. The molecule has 2 aromatic rings. The summed E-state index contributed by atoms with van der Waals surface area (Å²) in [6.45, 7) is 1.77. The van der Waals surface area contributed by atoms with Crippen LogP contribution in [0.25, 0.3) is 0 Å². The normalized spacial score (nSPS) is 11.0. The van der Waals surface area contributed by atoms with Gasteiger partial charge in [0.25, 0.3) is 0 Å². The number of nitrogens with two attached hydrogens (primary N) is 1. The molecule has 2 rings (SSSR count). The molecule has 0 unspecified atom stereocenters. The monoisotopic (exact) mass is 286 g/mol. The highest BCUT2D eigenvalue weighted by atomic mass is 32.2. The Labute approximate surface area is 118 Å². The first kappa shape index (κ1) is 14.1. The van der Waals surface area contributed by atoms with Gasteiger partial charge in [0.05, 0.1) is 22.3 Å². The van der Waals surface area contributed by atoms with Crippen molar-refractivity contribution in [1.82, 2.24) is 0 Å². The third-order valence-corrected chi connectivity index (χ3v) is 4.73. The number of anilines is 1. The summed E-state index contributed by atoms with van der Waals surface area (Å²) in [5.41, 5.74) is 8.16. The van der Waals surface area contributed by atoms with E-state index < -0.39 is 9.84 Å². The number of hydrogen-bond donors (Lipinski definition) is 1. The van der Waals surface area contributed by atoms with E-state index in [4.69, 9.17) is 11.0 Å². The summed E-state index contributed by atoms with van der Waals surface area (Å²) < 4.78 is 24.6. The first-order valence-electron chi connectivity index (χ1n) is 6.00. The minimum atomic E-state index is -3.41. The molecule has 0 fully saturated rings. The highest BCUT2D eigenvalue weighted by Crippen LogP contribution is 2.21. The number of nitrogens with zero attached hydrogens (tertiary/aromatic N) is 1. The van der Waals surface area contributed by atoms with Gasteiger partial charge in [-0.3, -0.25) is 0 Å². The molecule has 0 amide bonds. The van der Waals surface area contributed by atoms with Gasteiger partial charge in [0.1, 0.15) is 0 Å². The Hall–Kier alpha value is -2.32. The van der Waals surface area contributed by atoms with E-state index in [1.54, 1.807) is 43.3 Å². The second kappa shape index (κ2) is 5.35. The van der Waals surface area contributed by atoms with Crippen LogP contribution in [0.1, 0.15) is 16.7 Å². The van der Waals surface area contributed by atoms with E-state index >= 15 is 0 Å². The Morgan fingerprint density at radius 1 is 1.15 bits per heavy atom. The number of aryl methyl sites for hydroxylation is 1. The van der Waals surface area contributed by atoms with Crippen molar-refractivity contribution in [3.63, 3.8) is 0 Å². The molecular weight excluding hydrogens is 272 g/mol. The third kappa shape index (κ3) is 2.98. The molecule has 102 valence electrons. The molecule has 2 N–H and O–H groups in total. The summed E-state index contributed by atoms with van der Waals surface area (Å²) in [5, 5.41) is 8.72. The quantitative estimate of drug-likeness (QED) is 0.878. The van der Waals surface area contributed by atoms with Crippen molar-refractivity contribution in [2.45, 2.75) is 17.6 Å². The fourth-order valence-corrected chi connectivity index (χ4v) is 3.25. The van der Waals surface area contributed by atoms with Crippen LogP contribution in [0.5, 0.6) is 0 Å². The Morgan fingerprint density at radius 2 is 1.80 bits per heavy atom. The Balaban J connectivity index is 2.30. The number of nitrogen functional groups attached to an aromatic ring is 1. The van der Waals surface area contributed by atoms with E-state index in [1.165, 1.54) is 6.07 Å². The average molecular weight is 286 g/mol. The Kier molecular flexibility index (Phi) is 3.77. The molecule has 0 aliphatic carbocycles. The van der Waals surface area contributed by atoms with Crippen LogP contribution >= 0.6 is 0 Å². The molecule has 5 heteroatoms. The highest BCUT2D eigenvalue weighted by molar-refractivity contribution is 7.90. The summed E-state index contributed by atoms with van der Waals surface area (Å²) in [6.07, 6.45) is 0. The summed E-state index contributed by atoms with van der Waals surface area (Å²) in [7, 11) is -3.41. The second-order valence-electron chi connectivity index (χ2n) is 4.59. The van der Waals surface area contributed by atoms with Gasteiger partial charge in [-0.1, -0.05) is 12.1 Å². The molecule has 20 heavy (non-hydrogen) atoms. The molecule has 0 aliphatic heterocycles. The van der Waals surface area contributed by atoms with Crippen LogP contribution in [0, 0.1) is 18.3 Å². The molecule has 0 saturated heterocycles. The van der Waals surface area contributed by atoms with E-state index in [2.05, 4.69) is 0 Å². The Bertz CT molecular complexity index is 773. The molecule has 0 bridgehead atoms. The van der Waals surface area contributed by atoms with Crippen molar-refractivity contribution in [3.8, 4) is 6.07 Å². The molecule has 2 aromatic carbocycles. The first-order valence-corrected chi connectivity index (χ1v) is 7.65. The molecular formula is C15H14N2O2S. The van der Waals surface area contributed by atoms with Crippen LogP contribution < -0.4 is 5.73 Å². The van der Waals surface area contributed by atoms with Crippen molar-refractivity contribution in [3.05, 3.63) is 59.2 Å². The standard InChI is InChI=1S/C15H14N2O2S/c1-11-8-14(6-7-15(11)17)20(18,19)10-13-4-2-12(9-16)3-5-13/h2-8H,10,17H2,1H3. The third-order valence-electron chi connectivity index (χ3n) is 3.04. The van der Waals surface area contributed by atoms with Crippen molar-refractivity contribution in [1.29, 1.82) is 5.26 Å². The van der Waals surface area contributed by atoms with Crippen LogP contribution in [-0.4, -0.2) is 8.42 Å². The van der Waals surface area contributed by atoms with Gasteiger partial charge in [0.15, 0.2) is 9.84 Å². The Morgan fingerprint density at radius 3 is 2.35 bits per heavy atom. The summed E-state index contributed by atoms with van der Waals surface area (Å²) in [6, 6.07) is 13.2. The van der Waals surface area contributed by atoms with Crippen molar-refractivity contribution < 1.29 is 8.42 Å². The number of sulfone groups is 1. The second-order valence-corrected chi connectivity index (χ2v) is 6.58. The maximum Gasteiger partial charge on any atom is 0.182 e. The summed E-state index contributed by atoms with van der Waals surface area (Å²) in [5.74, 6) is -0.0952. The minimum absolute atomic E-state index is 0.0952. The topological polar surface area (TPSA) is 84.0 Å². The van der Waals surface area contributed by atoms with Gasteiger partial charge >= 0.3 is 0 Å². The summed E-state index contributed by atoms with van der Waals surface area (Å²) in [4.78, 5) is 0.258. The number of benzene rings is 2. The number of nitriles is 1. The fraction of sp³-hybridized carbons (Fsp3) is 0.133. The molecule has 0 radical (unpaired) electrons. The minimum Gasteiger partial charge on any atom is -0.399 e. The molecule has 0 atom stereocenters. The maximum atomic E-state index is 12.3. The lowest BCUT2D eigenvalue weighted by Gasteiger charge is -2.07. The van der Waals surface area contributed by atoms with Gasteiger partial charge in [-0.25, -0.2) is 8.42 Å². The molecule has 0 aliphatic rings. The molecule has 0 spiro atoms. The van der Waals surface area contributed by atoms with E-state index in [-0.39, 0.29) is 10.6 Å². The van der Waals surface area contributed by atoms with Crippen LogP contribution in [0.2, 0.25) is 0 Å². The zero-order valence-electron chi connectivity index (χ0n) is 11.0. The maximum absolute atomic E-state index is 12.3. The van der Waals surface area contributed by atoms with E-state index in [0.29, 0.717) is 16.8 Å². The molecule has 0 saturated carbocycles. The molecule has 4 nitrogen and oxygen atoms in total. The highest BCUT2D eigenvalue weighted by Gasteiger charge is 2.16. The van der Waals surface area contributed by atoms with E-state index in [1.807, 2.05) is 6.07 Å². The smallest absolute Gasteiger partial charge is 0.182 e. The zero-order valence-corrected chi connectivity index (χ0v) is 11.8. The first-order chi connectivity index (χ1) is 9.42. The van der Waals surface area contributed by atoms with Gasteiger partial charge in [0, 0.05) is 5.69 Å². The lowest BCUT2D eigenvalue weighted by Crippen LogP contribution is -2.06. The molecule has 0 heterocycles. The predicted octanol–water partition coefficient (Wildman–Crippen LogP) is 2.42. The predicted molar refractivity (Wildman–Crippen MR) is 77.6 cm³/mol. The van der Waals surface area contributed by atoms with Gasteiger partial charge in [-0.15, -0.1) is 0 Å². The van der Waals surface area contributed by atoms with E-state index in [9.17, 15) is 8.42 Å². The van der Waals surface area contributed by atoms with Crippen molar-refractivity contribution >= 4 is 15.5 Å². The van der Waals surface area contributed by atoms with Crippen LogP contribution in [0.15, 0.2) is 47.4 Å². The van der Waals surface area contributed by atoms with E-state index in [0.717, 1.165) is 5.56 Å². The fourth-order valence-electron chi connectivity index (χ4n) is 1.82. The van der Waals surface area contributed by atoms with Gasteiger partial charge in [0.2, 0.25) is 0 Å². The van der Waals surface area contributed by atoms with Crippen LogP contribution in [0.3, 0.4) is 0 Å². The van der Waals surface area contributed by atoms with Crippen molar-refractivity contribution in [2.75, 3.05) is 5.73 Å². The van der Waals surface area contributed by atoms with Gasteiger partial charge in [-0.05, 0) is 48.4 Å². The van der Waals surface area contributed by atoms with Gasteiger partial charge < -0.3 is 5.73 Å². The van der Waals surface area contributed by atoms with Crippen molar-refractivity contribution in [2.24, 2.45) is 0 Å². The molecule has 0 aromatic heterocycles. The van der Waals surface area contributed by atoms with Gasteiger partial charge in [-0.2, -0.15) is 5.26 Å². The average Bonchev–Trinajstić information content (AvgIpc) is 2.42. The lowest BCUT2D eigenvalue weighted by molar-refractivity contribution is 0.595. The van der Waals surface area contributed by atoms with Crippen LogP contribution in [-0.2, 0) is 15.6 Å². The number of rotatable bonds is 3. The summed E-state index contributed by atoms with van der Waals surface area (Å²) >= 11 is 0. The lowest BCUT2D eigenvalue weighted by atomic mass is 10.2. The SMILES string of the molecule is Cc1cc(S(=O)(=O)Cc2ccc(C#N)cc2)ccc1N. The number of hydrogen-bond acceptors (Lipinski definition) is 4. The van der Waals surface area contributed by atoms with Crippen LogP contribution in [0.4, 0.5) is 5.69 Å².